The molecule has 0 heterocycles. The topological polar surface area (TPSA) is 66.5 Å². The lowest BCUT2D eigenvalue weighted by Crippen LogP contribution is -2.35. The number of rotatable bonds is 8. The Bertz CT molecular complexity index is 878. The van der Waals surface area contributed by atoms with E-state index < -0.39 is 0 Å². The van der Waals surface area contributed by atoms with E-state index in [4.69, 9.17) is 0 Å². The molecule has 5 heteroatoms. The summed E-state index contributed by atoms with van der Waals surface area (Å²) in [5, 5.41) is 2.89. The molecular weight excluding hydrogens is 364 g/mol. The van der Waals surface area contributed by atoms with E-state index in [0.717, 1.165) is 28.8 Å². The normalized spacial score (nSPS) is 10.5. The van der Waals surface area contributed by atoms with Crippen LogP contribution < -0.4 is 5.32 Å². The highest BCUT2D eigenvalue weighted by atomic mass is 16.2. The van der Waals surface area contributed by atoms with Gasteiger partial charge >= 0.3 is 0 Å². The highest BCUT2D eigenvalue weighted by Crippen LogP contribution is 2.21. The third-order valence-electron chi connectivity index (χ3n) is 5.00. The van der Waals surface area contributed by atoms with Crippen LogP contribution >= 0.6 is 0 Å². The van der Waals surface area contributed by atoms with Crippen molar-refractivity contribution < 1.29 is 14.4 Å². The number of ketones is 1. The molecule has 0 saturated carbocycles. The molecule has 0 aliphatic carbocycles. The fourth-order valence-corrected chi connectivity index (χ4v) is 3.34. The second kappa shape index (κ2) is 10.0. The van der Waals surface area contributed by atoms with Gasteiger partial charge in [-0.15, -0.1) is 0 Å². The van der Waals surface area contributed by atoms with E-state index in [-0.39, 0.29) is 37.0 Å². The number of nitrogens with zero attached hydrogens (tertiary/aromatic N) is 1. The van der Waals surface area contributed by atoms with Gasteiger partial charge in [-0.3, -0.25) is 14.4 Å². The molecule has 2 aromatic carbocycles. The molecule has 0 spiro atoms. The Hall–Kier alpha value is -2.95. The summed E-state index contributed by atoms with van der Waals surface area (Å²) in [6, 6.07) is 11.5. The van der Waals surface area contributed by atoms with Gasteiger partial charge in [0.25, 0.3) is 0 Å². The van der Waals surface area contributed by atoms with E-state index in [1.54, 1.807) is 19.2 Å². The lowest BCUT2D eigenvalue weighted by Gasteiger charge is -2.18. The largest absolute Gasteiger partial charge is 0.336 e. The summed E-state index contributed by atoms with van der Waals surface area (Å²) < 4.78 is 0. The molecular formula is C24H30N2O3. The Morgan fingerprint density at radius 2 is 1.52 bits per heavy atom. The van der Waals surface area contributed by atoms with Crippen molar-refractivity contribution in [1.82, 2.24) is 4.90 Å². The van der Waals surface area contributed by atoms with Gasteiger partial charge in [-0.05, 0) is 43.9 Å². The Kier molecular flexibility index (Phi) is 7.71. The van der Waals surface area contributed by atoms with Gasteiger partial charge in [-0.25, -0.2) is 0 Å². The SMILES string of the molecule is CCc1ccc(C(=O)CCC(=O)N(C)CC(=O)Nc2c(C)cc(C)cc2C)cc1. The second-order valence-electron chi connectivity index (χ2n) is 7.55. The number of benzene rings is 2. The molecule has 2 rings (SSSR count). The number of amides is 2. The smallest absolute Gasteiger partial charge is 0.243 e. The van der Waals surface area contributed by atoms with E-state index in [0.29, 0.717) is 5.56 Å². The zero-order valence-corrected chi connectivity index (χ0v) is 18.0. The third-order valence-corrected chi connectivity index (χ3v) is 5.00. The molecule has 0 atom stereocenters. The van der Waals surface area contributed by atoms with E-state index in [1.807, 2.05) is 45.0 Å². The Labute approximate surface area is 173 Å². The first-order valence-corrected chi connectivity index (χ1v) is 9.95. The fourth-order valence-electron chi connectivity index (χ4n) is 3.34. The molecule has 1 N–H and O–H groups in total. The summed E-state index contributed by atoms with van der Waals surface area (Å²) in [5.41, 5.74) is 5.68. The first kappa shape index (κ1) is 22.3. The predicted molar refractivity (Wildman–Crippen MR) is 116 cm³/mol. The minimum atomic E-state index is -0.252. The second-order valence-corrected chi connectivity index (χ2v) is 7.55. The first-order chi connectivity index (χ1) is 13.7. The molecule has 0 aromatic heterocycles. The minimum Gasteiger partial charge on any atom is -0.336 e. The molecule has 0 fully saturated rings. The summed E-state index contributed by atoms with van der Waals surface area (Å²) >= 11 is 0. The number of likely N-dealkylation sites (N-methyl/N-ethyl adjacent to an activating group) is 1. The van der Waals surface area contributed by atoms with Crippen LogP contribution in [0.3, 0.4) is 0 Å². The van der Waals surface area contributed by atoms with Crippen LogP contribution in [0.2, 0.25) is 0 Å². The van der Waals surface area contributed by atoms with Crippen molar-refractivity contribution in [3.05, 3.63) is 64.2 Å². The van der Waals surface area contributed by atoms with Gasteiger partial charge in [0.2, 0.25) is 11.8 Å². The molecule has 0 bridgehead atoms. The van der Waals surface area contributed by atoms with Crippen molar-refractivity contribution in [2.24, 2.45) is 0 Å². The standard InChI is InChI=1S/C24H30N2O3/c1-6-19-7-9-20(10-8-19)21(27)11-12-23(29)26(5)15-22(28)25-24-17(3)13-16(2)14-18(24)4/h7-10,13-14H,6,11-12,15H2,1-5H3,(H,25,28). The van der Waals surface area contributed by atoms with Crippen LogP contribution in [0.1, 0.15) is 52.4 Å². The van der Waals surface area contributed by atoms with Crippen molar-refractivity contribution in [1.29, 1.82) is 0 Å². The summed E-state index contributed by atoms with van der Waals surface area (Å²) in [4.78, 5) is 38.4. The van der Waals surface area contributed by atoms with Crippen molar-refractivity contribution >= 4 is 23.3 Å². The maximum absolute atomic E-state index is 12.4. The van der Waals surface area contributed by atoms with Crippen LogP contribution in [0, 0.1) is 20.8 Å². The summed E-state index contributed by atoms with van der Waals surface area (Å²) in [6.45, 7) is 7.91. The van der Waals surface area contributed by atoms with Gasteiger partial charge in [0.1, 0.15) is 0 Å². The van der Waals surface area contributed by atoms with Crippen LogP contribution in [0.4, 0.5) is 5.69 Å². The number of carbonyl (C=O) groups is 3. The molecule has 0 unspecified atom stereocenters. The summed E-state index contributed by atoms with van der Waals surface area (Å²) in [5.74, 6) is -0.543. The van der Waals surface area contributed by atoms with Crippen LogP contribution in [-0.2, 0) is 16.0 Å². The van der Waals surface area contributed by atoms with Crippen molar-refractivity contribution in [3.63, 3.8) is 0 Å². The van der Waals surface area contributed by atoms with Gasteiger partial charge in [-0.1, -0.05) is 48.9 Å². The highest BCUT2D eigenvalue weighted by molar-refractivity contribution is 5.99. The molecule has 2 amide bonds. The van der Waals surface area contributed by atoms with Crippen LogP contribution in [0.15, 0.2) is 36.4 Å². The van der Waals surface area contributed by atoms with E-state index >= 15 is 0 Å². The number of aryl methyl sites for hydroxylation is 4. The van der Waals surface area contributed by atoms with Crippen molar-refractivity contribution in [2.75, 3.05) is 18.9 Å². The molecule has 0 aliphatic rings. The summed E-state index contributed by atoms with van der Waals surface area (Å²) in [7, 11) is 1.58. The monoisotopic (exact) mass is 394 g/mol. The molecule has 0 radical (unpaired) electrons. The lowest BCUT2D eigenvalue weighted by molar-refractivity contribution is -0.133. The van der Waals surface area contributed by atoms with Crippen LogP contribution in [0.5, 0.6) is 0 Å². The zero-order valence-electron chi connectivity index (χ0n) is 18.0. The van der Waals surface area contributed by atoms with E-state index in [9.17, 15) is 14.4 Å². The molecule has 2 aromatic rings. The van der Waals surface area contributed by atoms with E-state index in [1.165, 1.54) is 10.5 Å². The Morgan fingerprint density at radius 1 is 0.931 bits per heavy atom. The Balaban J connectivity index is 1.86. The fraction of sp³-hybridized carbons (Fsp3) is 0.375. The maximum Gasteiger partial charge on any atom is 0.243 e. The van der Waals surface area contributed by atoms with Crippen molar-refractivity contribution in [3.8, 4) is 0 Å². The molecule has 154 valence electrons. The lowest BCUT2D eigenvalue weighted by atomic mass is 10.0. The predicted octanol–water partition coefficient (Wildman–Crippen LogP) is 4.23. The maximum atomic E-state index is 12.4. The highest BCUT2D eigenvalue weighted by Gasteiger charge is 2.16. The average Bonchev–Trinajstić information content (AvgIpc) is 2.68. The Morgan fingerprint density at radius 3 is 2.07 bits per heavy atom. The molecule has 0 aliphatic heterocycles. The number of anilines is 1. The number of hydrogen-bond donors (Lipinski definition) is 1. The molecule has 0 saturated heterocycles. The van der Waals surface area contributed by atoms with E-state index in [2.05, 4.69) is 12.2 Å². The number of nitrogens with one attached hydrogen (secondary N) is 1. The summed E-state index contributed by atoms with van der Waals surface area (Å²) in [6.07, 6.45) is 1.13. The minimum absolute atomic E-state index is 0.0506. The van der Waals surface area contributed by atoms with Crippen LogP contribution in [0.25, 0.3) is 0 Å². The van der Waals surface area contributed by atoms with Gasteiger partial charge in [-0.2, -0.15) is 0 Å². The van der Waals surface area contributed by atoms with Gasteiger partial charge in [0.05, 0.1) is 6.54 Å². The molecule has 5 nitrogen and oxygen atoms in total. The van der Waals surface area contributed by atoms with Gasteiger partial charge < -0.3 is 10.2 Å². The average molecular weight is 395 g/mol. The third kappa shape index (κ3) is 6.28. The van der Waals surface area contributed by atoms with Crippen LogP contribution in [-0.4, -0.2) is 36.1 Å². The van der Waals surface area contributed by atoms with Gasteiger partial charge in [0.15, 0.2) is 5.78 Å². The number of hydrogen-bond acceptors (Lipinski definition) is 3. The quantitative estimate of drug-likeness (QED) is 0.681. The zero-order chi connectivity index (χ0) is 21.6. The van der Waals surface area contributed by atoms with Crippen molar-refractivity contribution in [2.45, 2.75) is 47.0 Å². The number of Topliss-reactive ketones (excluding diaryl/α,β-unsaturated/α-hetero) is 1. The number of carbonyl (C=O) groups excluding carboxylic acids is 3. The van der Waals surface area contributed by atoms with Gasteiger partial charge in [0, 0.05) is 31.1 Å². The first-order valence-electron chi connectivity index (χ1n) is 9.95. The molecule has 29 heavy (non-hydrogen) atoms.